The maximum absolute atomic E-state index is 15.1. The predicted molar refractivity (Wildman–Crippen MR) is 261 cm³/mol. The number of rotatable bonds is 13. The first-order valence-corrected chi connectivity index (χ1v) is 24.1. The molecular weight excluding hydrogens is 911 g/mol. The van der Waals surface area contributed by atoms with Gasteiger partial charge in [-0.3, -0.25) is 29.3 Å². The van der Waals surface area contributed by atoms with Crippen LogP contribution in [0.15, 0.2) is 78.9 Å². The van der Waals surface area contributed by atoms with E-state index in [0.717, 1.165) is 93.4 Å². The number of piperidine rings is 2. The molecule has 1 spiro atoms. The van der Waals surface area contributed by atoms with E-state index in [1.54, 1.807) is 53.4 Å². The molecule has 4 aliphatic heterocycles. The Labute approximate surface area is 405 Å². The standard InChI is InChI=1S/C28H32N6O5.C23H25Cl2FN2O/c35-17-30-19-6-4-18(5-7-19)26(37)29-12-15-33-13-10-20(11-14-33)31-23-3-1-2-21-22(23)16-34(28(21)39)24-8-9-25(36)32-27(24)38;1-27-20-12-15(24)8-9-17(20)23(14-29)18(16-6-5-7-19(25)21(16)26)13-28-22(23)10-3-2-4-11-22/h1-7,17,20,24,31H,8-16H2,(H,29,37)(H,30,35)(H,32,36,38);5-9,12,14,18,27-28H,2-4,10-11,13H2,1H3/t;18?,23-/m.1/s1. The number of nitrogens with one attached hydrogen (secondary N) is 6. The molecule has 3 atom stereocenters. The molecule has 0 bridgehead atoms. The first-order valence-electron chi connectivity index (χ1n) is 23.4. The van der Waals surface area contributed by atoms with Gasteiger partial charge in [0.25, 0.3) is 11.8 Å². The summed E-state index contributed by atoms with van der Waals surface area (Å²) >= 11 is 12.4. The molecule has 5 aliphatic rings. The van der Waals surface area contributed by atoms with Crippen LogP contribution in [0.1, 0.15) is 101 Å². The molecule has 0 aromatic heterocycles. The summed E-state index contributed by atoms with van der Waals surface area (Å²) in [5.41, 5.74) is 4.37. The number of carbonyl (C=O) groups is 6. The van der Waals surface area contributed by atoms with Crippen molar-refractivity contribution in [1.82, 2.24) is 25.8 Å². The largest absolute Gasteiger partial charge is 0.388 e. The van der Waals surface area contributed by atoms with Crippen LogP contribution in [0.3, 0.4) is 0 Å². The molecule has 1 aliphatic carbocycles. The molecule has 6 N–H and O–H groups in total. The molecule has 3 saturated heterocycles. The van der Waals surface area contributed by atoms with E-state index >= 15 is 4.39 Å². The fraction of sp³-hybridized carbons (Fsp3) is 0.412. The Bertz CT molecular complexity index is 2550. The van der Waals surface area contributed by atoms with Crippen LogP contribution < -0.4 is 31.9 Å². The summed E-state index contributed by atoms with van der Waals surface area (Å²) in [5, 5.41) is 19.0. The van der Waals surface area contributed by atoms with Crippen molar-refractivity contribution in [1.29, 1.82) is 0 Å². The molecule has 9 rings (SSSR count). The van der Waals surface area contributed by atoms with Gasteiger partial charge in [0.15, 0.2) is 0 Å². The second kappa shape index (κ2) is 21.2. The maximum Gasteiger partial charge on any atom is 0.255 e. The number of aldehydes is 1. The molecule has 5 amide bonds. The Morgan fingerprint density at radius 2 is 1.66 bits per heavy atom. The van der Waals surface area contributed by atoms with Crippen molar-refractivity contribution in [3.63, 3.8) is 0 Å². The second-order valence-corrected chi connectivity index (χ2v) is 19.1. The van der Waals surface area contributed by atoms with Gasteiger partial charge in [0.05, 0.1) is 10.4 Å². The Hall–Kier alpha value is -5.87. The van der Waals surface area contributed by atoms with E-state index in [1.165, 1.54) is 0 Å². The number of likely N-dealkylation sites (tertiary alicyclic amines) is 1. The smallest absolute Gasteiger partial charge is 0.255 e. The minimum absolute atomic E-state index is 0.0804. The average molecular weight is 968 g/mol. The van der Waals surface area contributed by atoms with Gasteiger partial charge in [-0.05, 0) is 97.8 Å². The SMILES string of the molecule is CNc1cc(Cl)ccc1[C@]1(C=O)C(c2cccc(Cl)c2F)CNC12CCCCC2.O=CNc1ccc(C(=O)NCCN2CCC(Nc3cccc4c3CN(C3CCC(=O)NC3=O)C4=O)CC2)cc1. The molecule has 4 heterocycles. The number of nitrogens with zero attached hydrogens (tertiary/aromatic N) is 2. The lowest BCUT2D eigenvalue weighted by molar-refractivity contribution is -0.137. The van der Waals surface area contributed by atoms with Gasteiger partial charge in [0.2, 0.25) is 18.2 Å². The molecule has 1 saturated carbocycles. The lowest BCUT2D eigenvalue weighted by Crippen LogP contribution is -2.58. The van der Waals surface area contributed by atoms with Crippen LogP contribution in [0, 0.1) is 5.82 Å². The quantitative estimate of drug-likeness (QED) is 0.0602. The number of fused-ring (bicyclic) bond motifs is 1. The molecule has 14 nitrogen and oxygen atoms in total. The first-order chi connectivity index (χ1) is 32.9. The monoisotopic (exact) mass is 966 g/mol. The van der Waals surface area contributed by atoms with E-state index in [0.29, 0.717) is 59.9 Å². The molecule has 17 heteroatoms. The van der Waals surface area contributed by atoms with Gasteiger partial charge < -0.3 is 41.2 Å². The van der Waals surface area contributed by atoms with E-state index in [1.807, 2.05) is 37.4 Å². The van der Waals surface area contributed by atoms with Crippen molar-refractivity contribution in [2.24, 2.45) is 0 Å². The predicted octanol–water partition coefficient (Wildman–Crippen LogP) is 7.02. The molecule has 358 valence electrons. The minimum atomic E-state index is -0.929. The zero-order valence-corrected chi connectivity index (χ0v) is 39.5. The molecule has 2 unspecified atom stereocenters. The van der Waals surface area contributed by atoms with Crippen molar-refractivity contribution in [2.45, 2.75) is 93.3 Å². The number of carbonyl (C=O) groups excluding carboxylic acids is 6. The fourth-order valence-electron chi connectivity index (χ4n) is 11.1. The fourth-order valence-corrected chi connectivity index (χ4v) is 11.4. The number of amides is 5. The number of anilines is 3. The van der Waals surface area contributed by atoms with Crippen molar-refractivity contribution >= 4 is 76.6 Å². The Morgan fingerprint density at radius 1 is 0.912 bits per heavy atom. The van der Waals surface area contributed by atoms with E-state index in [2.05, 4.69) is 36.8 Å². The van der Waals surface area contributed by atoms with Gasteiger partial charge in [0.1, 0.15) is 18.1 Å². The normalized spacial score (nSPS) is 22.4. The summed E-state index contributed by atoms with van der Waals surface area (Å²) in [6.45, 7) is 3.92. The van der Waals surface area contributed by atoms with Gasteiger partial charge in [-0.1, -0.05) is 66.7 Å². The Balaban J connectivity index is 0.000000192. The molecule has 4 aromatic carbocycles. The summed E-state index contributed by atoms with van der Waals surface area (Å²) in [6.07, 6.45) is 9.04. The molecule has 68 heavy (non-hydrogen) atoms. The number of hydrogen-bond donors (Lipinski definition) is 6. The number of benzene rings is 4. The third-order valence-electron chi connectivity index (χ3n) is 14.5. The lowest BCUT2D eigenvalue weighted by atomic mass is 9.56. The highest BCUT2D eigenvalue weighted by Gasteiger charge is 2.62. The highest BCUT2D eigenvalue weighted by atomic mass is 35.5. The number of hydrogen-bond acceptors (Lipinski definition) is 10. The molecule has 4 fully saturated rings. The summed E-state index contributed by atoms with van der Waals surface area (Å²) in [5.74, 6) is -1.84. The van der Waals surface area contributed by atoms with Crippen LogP contribution in [0.5, 0.6) is 0 Å². The van der Waals surface area contributed by atoms with Crippen LogP contribution in [-0.2, 0) is 31.1 Å². The van der Waals surface area contributed by atoms with Crippen molar-refractivity contribution in [2.75, 3.05) is 55.7 Å². The van der Waals surface area contributed by atoms with Gasteiger partial charge in [-0.25, -0.2) is 4.39 Å². The summed E-state index contributed by atoms with van der Waals surface area (Å²) < 4.78 is 15.1. The second-order valence-electron chi connectivity index (χ2n) is 18.2. The van der Waals surface area contributed by atoms with E-state index < -0.39 is 28.7 Å². The Morgan fingerprint density at radius 3 is 2.37 bits per heavy atom. The van der Waals surface area contributed by atoms with Crippen LogP contribution in [0.25, 0.3) is 0 Å². The van der Waals surface area contributed by atoms with Gasteiger partial charge in [-0.15, -0.1) is 0 Å². The van der Waals surface area contributed by atoms with Crippen LogP contribution in [-0.4, -0.2) is 104 Å². The lowest BCUT2D eigenvalue weighted by Gasteiger charge is -2.48. The number of halogens is 3. The average Bonchev–Trinajstić information content (AvgIpc) is 3.85. The highest BCUT2D eigenvalue weighted by Crippen LogP contribution is 2.57. The van der Waals surface area contributed by atoms with E-state index in [-0.39, 0.29) is 41.1 Å². The zero-order valence-electron chi connectivity index (χ0n) is 38.0. The van der Waals surface area contributed by atoms with Gasteiger partial charge in [-0.2, -0.15) is 0 Å². The third kappa shape index (κ3) is 9.71. The van der Waals surface area contributed by atoms with Crippen molar-refractivity contribution in [3.05, 3.63) is 123 Å². The summed E-state index contributed by atoms with van der Waals surface area (Å²) in [6, 6.07) is 22.6. The van der Waals surface area contributed by atoms with Crippen LogP contribution in [0.4, 0.5) is 21.5 Å². The first kappa shape index (κ1) is 48.6. The van der Waals surface area contributed by atoms with Gasteiger partial charge in [0, 0.05) is 109 Å². The topological polar surface area (TPSA) is 181 Å². The third-order valence-corrected chi connectivity index (χ3v) is 15.1. The molecular formula is C51H57Cl2FN8O6. The van der Waals surface area contributed by atoms with E-state index in [4.69, 9.17) is 23.2 Å². The summed E-state index contributed by atoms with van der Waals surface area (Å²) in [7, 11) is 1.82. The maximum atomic E-state index is 15.1. The van der Waals surface area contributed by atoms with Crippen LogP contribution >= 0.6 is 23.2 Å². The van der Waals surface area contributed by atoms with Crippen molar-refractivity contribution in [3.8, 4) is 0 Å². The Kier molecular flexibility index (Phi) is 15.1. The molecule has 4 aromatic rings. The van der Waals surface area contributed by atoms with Gasteiger partial charge >= 0.3 is 0 Å². The van der Waals surface area contributed by atoms with Crippen LogP contribution in [0.2, 0.25) is 10.0 Å². The highest BCUT2D eigenvalue weighted by molar-refractivity contribution is 6.31. The summed E-state index contributed by atoms with van der Waals surface area (Å²) in [4.78, 5) is 76.8. The number of imide groups is 1. The minimum Gasteiger partial charge on any atom is -0.388 e. The molecule has 0 radical (unpaired) electrons. The van der Waals surface area contributed by atoms with E-state index in [9.17, 15) is 28.8 Å². The zero-order chi connectivity index (χ0) is 48.0. The van der Waals surface area contributed by atoms with Crippen molar-refractivity contribution < 1.29 is 33.2 Å².